The smallest absolute Gasteiger partial charge is 0.261 e. The van der Waals surface area contributed by atoms with Crippen molar-refractivity contribution in [3.05, 3.63) is 58.9 Å². The zero-order valence-electron chi connectivity index (χ0n) is 11.9. The lowest BCUT2D eigenvalue weighted by Gasteiger charge is -2.13. The van der Waals surface area contributed by atoms with Gasteiger partial charge in [-0.05, 0) is 49.2 Å². The maximum absolute atomic E-state index is 13.6. The third-order valence-electron chi connectivity index (χ3n) is 3.36. The Labute approximate surface area is 123 Å². The van der Waals surface area contributed by atoms with E-state index in [1.54, 1.807) is 12.1 Å². The van der Waals surface area contributed by atoms with Crippen LogP contribution in [0.3, 0.4) is 0 Å². The molecule has 2 aromatic rings. The Bertz CT molecular complexity index is 773. The van der Waals surface area contributed by atoms with Crippen molar-refractivity contribution >= 4 is 15.7 Å². The predicted octanol–water partition coefficient (Wildman–Crippen LogP) is 2.70. The van der Waals surface area contributed by atoms with Crippen LogP contribution in [-0.2, 0) is 16.6 Å². The lowest BCUT2D eigenvalue weighted by Crippen LogP contribution is -2.16. The van der Waals surface area contributed by atoms with Crippen molar-refractivity contribution in [1.82, 2.24) is 0 Å². The van der Waals surface area contributed by atoms with Crippen LogP contribution in [0.1, 0.15) is 16.7 Å². The van der Waals surface area contributed by atoms with Crippen molar-refractivity contribution in [2.24, 2.45) is 5.73 Å². The summed E-state index contributed by atoms with van der Waals surface area (Å²) in [5.41, 5.74) is 7.66. The minimum Gasteiger partial charge on any atom is -0.326 e. The quantitative estimate of drug-likeness (QED) is 0.912. The van der Waals surface area contributed by atoms with E-state index < -0.39 is 15.8 Å². The summed E-state index contributed by atoms with van der Waals surface area (Å²) in [6, 6.07) is 9.01. The second kappa shape index (κ2) is 5.83. The van der Waals surface area contributed by atoms with Crippen LogP contribution >= 0.6 is 0 Å². The molecule has 0 amide bonds. The van der Waals surface area contributed by atoms with Crippen LogP contribution in [0.25, 0.3) is 0 Å². The highest BCUT2D eigenvalue weighted by Crippen LogP contribution is 2.23. The molecule has 112 valence electrons. The Kier molecular flexibility index (Phi) is 4.29. The third-order valence-corrected chi connectivity index (χ3v) is 4.72. The standard InChI is InChI=1S/C15H17FN2O2S/c1-10-6-7-12(8-11(10)2)21(19,20)18-15-5-3-4-14(16)13(15)9-17/h3-8,18H,9,17H2,1-2H3. The van der Waals surface area contributed by atoms with Crippen molar-refractivity contribution in [2.75, 3.05) is 4.72 Å². The van der Waals surface area contributed by atoms with Gasteiger partial charge in [0.05, 0.1) is 10.6 Å². The lowest BCUT2D eigenvalue weighted by atomic mass is 10.1. The number of benzene rings is 2. The fourth-order valence-corrected chi connectivity index (χ4v) is 3.12. The van der Waals surface area contributed by atoms with E-state index in [1.807, 2.05) is 13.8 Å². The van der Waals surface area contributed by atoms with Crippen molar-refractivity contribution in [3.63, 3.8) is 0 Å². The molecule has 0 aromatic heterocycles. The average molecular weight is 308 g/mol. The summed E-state index contributed by atoms with van der Waals surface area (Å²) in [6.07, 6.45) is 0. The number of hydrogen-bond donors (Lipinski definition) is 2. The van der Waals surface area contributed by atoms with Gasteiger partial charge in [-0.15, -0.1) is 0 Å². The summed E-state index contributed by atoms with van der Waals surface area (Å²) in [5, 5.41) is 0. The Hall–Kier alpha value is -1.92. The topological polar surface area (TPSA) is 72.2 Å². The van der Waals surface area contributed by atoms with E-state index in [2.05, 4.69) is 4.72 Å². The first-order chi connectivity index (χ1) is 9.85. The summed E-state index contributed by atoms with van der Waals surface area (Å²) in [4.78, 5) is 0.137. The van der Waals surface area contributed by atoms with Gasteiger partial charge in [-0.1, -0.05) is 12.1 Å². The highest BCUT2D eigenvalue weighted by molar-refractivity contribution is 7.92. The molecule has 4 nitrogen and oxygen atoms in total. The van der Waals surface area contributed by atoms with E-state index in [1.165, 1.54) is 24.3 Å². The van der Waals surface area contributed by atoms with Gasteiger partial charge in [-0.25, -0.2) is 12.8 Å². The molecule has 2 aromatic carbocycles. The molecule has 0 saturated heterocycles. The van der Waals surface area contributed by atoms with Crippen molar-refractivity contribution < 1.29 is 12.8 Å². The number of anilines is 1. The summed E-state index contributed by atoms with van der Waals surface area (Å²) >= 11 is 0. The lowest BCUT2D eigenvalue weighted by molar-refractivity contribution is 0.600. The van der Waals surface area contributed by atoms with E-state index in [0.717, 1.165) is 11.1 Å². The molecule has 3 N–H and O–H groups in total. The fraction of sp³-hybridized carbons (Fsp3) is 0.200. The van der Waals surface area contributed by atoms with Gasteiger partial charge in [0.1, 0.15) is 5.82 Å². The second-order valence-electron chi connectivity index (χ2n) is 4.82. The molecular weight excluding hydrogens is 291 g/mol. The first kappa shape index (κ1) is 15.5. The van der Waals surface area contributed by atoms with Crippen LogP contribution in [0.5, 0.6) is 0 Å². The largest absolute Gasteiger partial charge is 0.326 e. The highest BCUT2D eigenvalue weighted by Gasteiger charge is 2.17. The molecule has 0 aliphatic carbocycles. The minimum atomic E-state index is -3.77. The maximum Gasteiger partial charge on any atom is 0.261 e. The normalized spacial score (nSPS) is 11.4. The number of hydrogen-bond acceptors (Lipinski definition) is 3. The number of halogens is 1. The molecule has 0 fully saturated rings. The number of sulfonamides is 1. The maximum atomic E-state index is 13.6. The monoisotopic (exact) mass is 308 g/mol. The van der Waals surface area contributed by atoms with E-state index in [4.69, 9.17) is 5.73 Å². The zero-order valence-corrected chi connectivity index (χ0v) is 12.7. The molecule has 0 unspecified atom stereocenters. The summed E-state index contributed by atoms with van der Waals surface area (Å²) in [7, 11) is -3.77. The molecule has 0 aliphatic rings. The van der Waals surface area contributed by atoms with Gasteiger partial charge in [-0.3, -0.25) is 4.72 Å². The summed E-state index contributed by atoms with van der Waals surface area (Å²) in [6.45, 7) is 3.65. The first-order valence-corrected chi connectivity index (χ1v) is 7.91. The van der Waals surface area contributed by atoms with Crippen molar-refractivity contribution in [1.29, 1.82) is 0 Å². The molecule has 21 heavy (non-hydrogen) atoms. The molecule has 0 bridgehead atoms. The van der Waals surface area contributed by atoms with Gasteiger partial charge in [-0.2, -0.15) is 0 Å². The number of aryl methyl sites for hydroxylation is 2. The van der Waals surface area contributed by atoms with Gasteiger partial charge in [0.25, 0.3) is 10.0 Å². The molecule has 0 heterocycles. The van der Waals surface area contributed by atoms with Crippen molar-refractivity contribution in [3.8, 4) is 0 Å². The molecule has 0 spiro atoms. The number of nitrogens with one attached hydrogen (secondary N) is 1. The van der Waals surface area contributed by atoms with E-state index in [9.17, 15) is 12.8 Å². The Morgan fingerprint density at radius 3 is 2.48 bits per heavy atom. The molecule has 6 heteroatoms. The van der Waals surface area contributed by atoms with Crippen LogP contribution in [0.2, 0.25) is 0 Å². The first-order valence-electron chi connectivity index (χ1n) is 6.42. The number of rotatable bonds is 4. The minimum absolute atomic E-state index is 0.0859. The van der Waals surface area contributed by atoms with Crippen LogP contribution in [-0.4, -0.2) is 8.42 Å². The van der Waals surface area contributed by atoms with Gasteiger partial charge in [0, 0.05) is 12.1 Å². The third kappa shape index (κ3) is 3.22. The predicted molar refractivity (Wildman–Crippen MR) is 81.0 cm³/mol. The molecule has 2 rings (SSSR count). The summed E-state index contributed by atoms with van der Waals surface area (Å²) in [5.74, 6) is -0.530. The van der Waals surface area contributed by atoms with E-state index >= 15 is 0 Å². The Morgan fingerprint density at radius 1 is 1.14 bits per heavy atom. The van der Waals surface area contributed by atoms with Gasteiger partial charge in [0.15, 0.2) is 0 Å². The van der Waals surface area contributed by atoms with Gasteiger partial charge < -0.3 is 5.73 Å². The van der Waals surface area contributed by atoms with Crippen LogP contribution in [0.15, 0.2) is 41.3 Å². The fourth-order valence-electron chi connectivity index (χ4n) is 1.95. The Morgan fingerprint density at radius 2 is 1.86 bits per heavy atom. The zero-order chi connectivity index (χ0) is 15.6. The molecule has 0 aliphatic heterocycles. The van der Waals surface area contributed by atoms with Crippen LogP contribution < -0.4 is 10.5 Å². The van der Waals surface area contributed by atoms with Gasteiger partial charge >= 0.3 is 0 Å². The molecule has 0 radical (unpaired) electrons. The van der Waals surface area contributed by atoms with E-state index in [-0.39, 0.29) is 22.7 Å². The second-order valence-corrected chi connectivity index (χ2v) is 6.50. The van der Waals surface area contributed by atoms with Gasteiger partial charge in [0.2, 0.25) is 0 Å². The Balaban J connectivity index is 2.42. The average Bonchev–Trinajstić information content (AvgIpc) is 2.41. The van der Waals surface area contributed by atoms with Crippen molar-refractivity contribution in [2.45, 2.75) is 25.3 Å². The van der Waals surface area contributed by atoms with E-state index in [0.29, 0.717) is 0 Å². The number of nitrogens with two attached hydrogens (primary N) is 1. The SMILES string of the molecule is Cc1ccc(S(=O)(=O)Nc2cccc(F)c2CN)cc1C. The van der Waals surface area contributed by atoms with Crippen LogP contribution in [0.4, 0.5) is 10.1 Å². The molecule has 0 saturated carbocycles. The molecule has 0 atom stereocenters. The van der Waals surface area contributed by atoms with Crippen LogP contribution in [0, 0.1) is 19.7 Å². The summed E-state index contributed by atoms with van der Waals surface area (Å²) < 4.78 is 40.8. The highest BCUT2D eigenvalue weighted by atomic mass is 32.2. The molecular formula is C15H17FN2O2S.